The van der Waals surface area contributed by atoms with Gasteiger partial charge in [-0.05, 0) is 6.92 Å². The first-order valence-electron chi connectivity index (χ1n) is 4.60. The van der Waals surface area contributed by atoms with Gasteiger partial charge in [-0.1, -0.05) is 11.6 Å². The highest BCUT2D eigenvalue weighted by Crippen LogP contribution is 2.27. The Balaban J connectivity index is 2.18. The number of nitrogens with zero attached hydrogens (tertiary/aromatic N) is 3. The third-order valence-corrected chi connectivity index (χ3v) is 3.32. The summed E-state index contributed by atoms with van der Waals surface area (Å²) in [5, 5.41) is 6.36. The first kappa shape index (κ1) is 11.1. The molecule has 0 aromatic carbocycles. The van der Waals surface area contributed by atoms with E-state index in [4.69, 9.17) is 17.3 Å². The highest BCUT2D eigenvalue weighted by molar-refractivity contribution is 7.09. The van der Waals surface area contributed by atoms with Crippen LogP contribution in [0.15, 0.2) is 17.9 Å². The molecular formula is C9H10ClN5S. The summed E-state index contributed by atoms with van der Waals surface area (Å²) in [7, 11) is 0. The van der Waals surface area contributed by atoms with Gasteiger partial charge in [-0.3, -0.25) is 0 Å². The first-order valence-corrected chi connectivity index (χ1v) is 5.86. The summed E-state index contributed by atoms with van der Waals surface area (Å²) < 4.78 is 0. The van der Waals surface area contributed by atoms with E-state index in [1.165, 1.54) is 6.33 Å². The molecule has 16 heavy (non-hydrogen) atoms. The van der Waals surface area contributed by atoms with Gasteiger partial charge in [0.2, 0.25) is 0 Å². The molecule has 3 N–H and O–H groups in total. The van der Waals surface area contributed by atoms with Crippen LogP contribution in [0.3, 0.4) is 0 Å². The number of rotatable bonds is 3. The maximum Gasteiger partial charge on any atom is 0.151 e. The monoisotopic (exact) mass is 255 g/mol. The van der Waals surface area contributed by atoms with Gasteiger partial charge in [0, 0.05) is 11.6 Å². The lowest BCUT2D eigenvalue weighted by Crippen LogP contribution is -2.09. The van der Waals surface area contributed by atoms with Gasteiger partial charge in [-0.2, -0.15) is 0 Å². The van der Waals surface area contributed by atoms with E-state index in [0.29, 0.717) is 10.8 Å². The molecule has 0 saturated heterocycles. The van der Waals surface area contributed by atoms with Crippen LogP contribution in [-0.4, -0.2) is 15.0 Å². The lowest BCUT2D eigenvalue weighted by Gasteiger charge is -2.13. The molecule has 0 saturated carbocycles. The number of aromatic nitrogens is 3. The summed E-state index contributed by atoms with van der Waals surface area (Å²) in [6.45, 7) is 1.98. The molecule has 84 valence electrons. The van der Waals surface area contributed by atoms with Crippen LogP contribution in [0.4, 0.5) is 11.6 Å². The predicted molar refractivity (Wildman–Crippen MR) is 65.6 cm³/mol. The fourth-order valence-electron chi connectivity index (χ4n) is 1.20. The Morgan fingerprint density at radius 2 is 2.25 bits per heavy atom. The lowest BCUT2D eigenvalue weighted by molar-refractivity contribution is 0.859. The van der Waals surface area contributed by atoms with Gasteiger partial charge in [0.05, 0.1) is 6.04 Å². The Morgan fingerprint density at radius 3 is 2.94 bits per heavy atom. The zero-order valence-electron chi connectivity index (χ0n) is 8.51. The van der Waals surface area contributed by atoms with Crippen molar-refractivity contribution in [3.05, 3.63) is 27.9 Å². The lowest BCUT2D eigenvalue weighted by atomic mass is 10.3. The van der Waals surface area contributed by atoms with Crippen LogP contribution in [0.2, 0.25) is 5.02 Å². The average molecular weight is 256 g/mol. The van der Waals surface area contributed by atoms with Crippen LogP contribution < -0.4 is 11.1 Å². The molecule has 1 atom stereocenters. The molecule has 0 bridgehead atoms. The Hall–Kier alpha value is -1.40. The van der Waals surface area contributed by atoms with Crippen LogP contribution in [0.25, 0.3) is 0 Å². The number of nitrogens with two attached hydrogens (primary N) is 1. The van der Waals surface area contributed by atoms with Crippen LogP contribution in [0, 0.1) is 0 Å². The van der Waals surface area contributed by atoms with Gasteiger partial charge in [-0.15, -0.1) is 11.3 Å². The third kappa shape index (κ3) is 2.23. The van der Waals surface area contributed by atoms with Crippen molar-refractivity contribution in [3.8, 4) is 0 Å². The normalized spacial score (nSPS) is 12.4. The number of nitrogen functional groups attached to an aromatic ring is 1. The molecule has 0 spiro atoms. The highest BCUT2D eigenvalue weighted by atomic mass is 35.5. The van der Waals surface area contributed by atoms with Crippen molar-refractivity contribution in [2.24, 2.45) is 0 Å². The van der Waals surface area contributed by atoms with Gasteiger partial charge in [-0.25, -0.2) is 15.0 Å². The van der Waals surface area contributed by atoms with E-state index in [9.17, 15) is 0 Å². The predicted octanol–water partition coefficient (Wildman–Crippen LogP) is 2.34. The molecule has 0 aliphatic carbocycles. The summed E-state index contributed by atoms with van der Waals surface area (Å²) in [6.07, 6.45) is 3.13. The van der Waals surface area contributed by atoms with Crippen molar-refractivity contribution < 1.29 is 0 Å². The summed E-state index contributed by atoms with van der Waals surface area (Å²) >= 11 is 7.54. The maximum absolute atomic E-state index is 5.97. The molecule has 1 unspecified atom stereocenters. The molecule has 0 radical (unpaired) electrons. The largest absolute Gasteiger partial charge is 0.382 e. The van der Waals surface area contributed by atoms with Gasteiger partial charge in [0.1, 0.15) is 22.2 Å². The van der Waals surface area contributed by atoms with Gasteiger partial charge >= 0.3 is 0 Å². The van der Waals surface area contributed by atoms with E-state index in [-0.39, 0.29) is 11.9 Å². The Labute approximate surface area is 102 Å². The molecule has 0 fully saturated rings. The van der Waals surface area contributed by atoms with Crippen molar-refractivity contribution in [2.45, 2.75) is 13.0 Å². The van der Waals surface area contributed by atoms with E-state index in [2.05, 4.69) is 20.3 Å². The van der Waals surface area contributed by atoms with Gasteiger partial charge in [0.15, 0.2) is 5.82 Å². The Kier molecular flexibility index (Phi) is 3.21. The fourth-order valence-corrected chi connectivity index (χ4v) is 2.00. The van der Waals surface area contributed by atoms with E-state index in [1.54, 1.807) is 17.5 Å². The van der Waals surface area contributed by atoms with Crippen LogP contribution in [-0.2, 0) is 0 Å². The molecule has 2 heterocycles. The number of halogens is 1. The second kappa shape index (κ2) is 4.63. The molecular weight excluding hydrogens is 246 g/mol. The minimum atomic E-state index is 0.0341. The SMILES string of the molecule is CC(Nc1ncnc(N)c1Cl)c1nccs1. The Morgan fingerprint density at radius 1 is 1.44 bits per heavy atom. The van der Waals surface area contributed by atoms with Gasteiger partial charge < -0.3 is 11.1 Å². The van der Waals surface area contributed by atoms with E-state index in [1.807, 2.05) is 12.3 Å². The minimum absolute atomic E-state index is 0.0341. The molecule has 0 aliphatic heterocycles. The second-order valence-corrected chi connectivity index (χ2v) is 4.46. The highest BCUT2D eigenvalue weighted by Gasteiger charge is 2.12. The Bertz CT molecular complexity index is 473. The van der Waals surface area contributed by atoms with Crippen LogP contribution >= 0.6 is 22.9 Å². The van der Waals surface area contributed by atoms with Crippen molar-refractivity contribution in [2.75, 3.05) is 11.1 Å². The quantitative estimate of drug-likeness (QED) is 0.880. The number of anilines is 2. The van der Waals surface area contributed by atoms with Crippen molar-refractivity contribution in [1.82, 2.24) is 15.0 Å². The zero-order valence-corrected chi connectivity index (χ0v) is 10.1. The van der Waals surface area contributed by atoms with Crippen molar-refractivity contribution >= 4 is 34.6 Å². The van der Waals surface area contributed by atoms with E-state index < -0.39 is 0 Å². The summed E-state index contributed by atoms with van der Waals surface area (Å²) in [5.41, 5.74) is 5.58. The standard InChI is InChI=1S/C9H10ClN5S/c1-5(9-12-2-3-16-9)15-8-6(10)7(11)13-4-14-8/h2-5H,1H3,(H3,11,13,14,15). The summed E-state index contributed by atoms with van der Waals surface area (Å²) in [4.78, 5) is 12.0. The van der Waals surface area contributed by atoms with Crippen LogP contribution in [0.5, 0.6) is 0 Å². The fraction of sp³-hybridized carbons (Fsp3) is 0.222. The molecule has 0 amide bonds. The smallest absolute Gasteiger partial charge is 0.151 e. The molecule has 2 aromatic heterocycles. The van der Waals surface area contributed by atoms with Crippen molar-refractivity contribution in [1.29, 1.82) is 0 Å². The number of hydrogen-bond acceptors (Lipinski definition) is 6. The zero-order chi connectivity index (χ0) is 11.5. The summed E-state index contributed by atoms with van der Waals surface area (Å²) in [6, 6.07) is 0.0341. The van der Waals surface area contributed by atoms with E-state index in [0.717, 1.165) is 5.01 Å². The average Bonchev–Trinajstić information content (AvgIpc) is 2.78. The molecule has 0 aliphatic rings. The summed E-state index contributed by atoms with van der Waals surface area (Å²) in [5.74, 6) is 0.794. The number of thiazole rings is 1. The minimum Gasteiger partial charge on any atom is -0.382 e. The molecule has 5 nitrogen and oxygen atoms in total. The molecule has 2 rings (SSSR count). The second-order valence-electron chi connectivity index (χ2n) is 3.16. The van der Waals surface area contributed by atoms with Crippen molar-refractivity contribution in [3.63, 3.8) is 0 Å². The topological polar surface area (TPSA) is 76.7 Å². The number of nitrogens with one attached hydrogen (secondary N) is 1. The number of hydrogen-bond donors (Lipinski definition) is 2. The van der Waals surface area contributed by atoms with E-state index >= 15 is 0 Å². The maximum atomic E-state index is 5.97. The third-order valence-electron chi connectivity index (χ3n) is 1.99. The molecule has 7 heteroatoms. The van der Waals surface area contributed by atoms with Gasteiger partial charge in [0.25, 0.3) is 0 Å². The molecule has 2 aromatic rings. The van der Waals surface area contributed by atoms with Crippen LogP contribution in [0.1, 0.15) is 18.0 Å². The first-order chi connectivity index (χ1) is 7.68.